The van der Waals surface area contributed by atoms with Gasteiger partial charge in [0.2, 0.25) is 0 Å². The molecule has 1 amide bonds. The molecule has 2 N–H and O–H groups in total. The lowest BCUT2D eigenvalue weighted by Crippen LogP contribution is -2.41. The molecule has 1 heterocycles. The zero-order chi connectivity index (χ0) is 14.7. The van der Waals surface area contributed by atoms with E-state index >= 15 is 0 Å². The van der Waals surface area contributed by atoms with Crippen molar-refractivity contribution in [2.45, 2.75) is 49.9 Å². The topological polar surface area (TPSA) is 41.1 Å². The molecule has 0 spiro atoms. The maximum Gasteiger partial charge on any atom is 0.251 e. The molecule has 4 heteroatoms. The minimum atomic E-state index is 0.0729. The van der Waals surface area contributed by atoms with E-state index in [-0.39, 0.29) is 10.7 Å². The van der Waals surface area contributed by atoms with E-state index in [0.29, 0.717) is 0 Å². The van der Waals surface area contributed by atoms with Crippen LogP contribution in [0.3, 0.4) is 0 Å². The summed E-state index contributed by atoms with van der Waals surface area (Å²) in [6, 6.07) is 6.07. The number of rotatable bonds is 4. The first kappa shape index (κ1) is 14.9. The summed E-state index contributed by atoms with van der Waals surface area (Å²) in [7, 11) is 0. The molecule has 0 unspecified atom stereocenters. The second kappa shape index (κ2) is 6.41. The zero-order valence-corrected chi connectivity index (χ0v) is 13.5. The normalized spacial score (nSPS) is 20.0. The smallest absolute Gasteiger partial charge is 0.251 e. The highest BCUT2D eigenvalue weighted by atomic mass is 32.2. The Hall–Kier alpha value is -1.00. The summed E-state index contributed by atoms with van der Waals surface area (Å²) in [4.78, 5) is 12.4. The highest BCUT2D eigenvalue weighted by molar-refractivity contribution is 8.00. The number of hydrogen-bond donors (Lipinski definition) is 2. The van der Waals surface area contributed by atoms with E-state index in [9.17, 15) is 4.79 Å². The van der Waals surface area contributed by atoms with Crippen LogP contribution in [-0.4, -0.2) is 23.5 Å². The van der Waals surface area contributed by atoms with E-state index in [1.807, 2.05) is 23.9 Å². The molecule has 0 aromatic heterocycles. The summed E-state index contributed by atoms with van der Waals surface area (Å²) in [6.45, 7) is 2.60. The number of amides is 1. The number of thioether (sulfide) groups is 1. The van der Waals surface area contributed by atoms with Crippen molar-refractivity contribution in [2.24, 2.45) is 0 Å². The molecule has 114 valence electrons. The van der Waals surface area contributed by atoms with Gasteiger partial charge >= 0.3 is 0 Å². The standard InChI is InChI=1S/C17H24N2OS/c1-21-17(7-3-2-4-8-17)12-19-16(20)13-5-6-14-10-18-11-15(14)9-13/h5-6,9,18H,2-4,7-8,10-12H2,1H3,(H,19,20). The Kier molecular flexibility index (Phi) is 4.55. The van der Waals surface area contributed by atoms with Crippen LogP contribution >= 0.6 is 11.8 Å². The summed E-state index contributed by atoms with van der Waals surface area (Å²) >= 11 is 1.93. The molecule has 1 saturated carbocycles. The Bertz CT molecular complexity index is 524. The molecule has 1 aromatic rings. The van der Waals surface area contributed by atoms with Crippen molar-refractivity contribution in [3.05, 3.63) is 34.9 Å². The third kappa shape index (κ3) is 3.27. The summed E-state index contributed by atoms with van der Waals surface area (Å²) in [5, 5.41) is 6.49. The second-order valence-electron chi connectivity index (χ2n) is 6.22. The van der Waals surface area contributed by atoms with Crippen molar-refractivity contribution in [3.8, 4) is 0 Å². The van der Waals surface area contributed by atoms with Gasteiger partial charge in [-0.15, -0.1) is 0 Å². The summed E-state index contributed by atoms with van der Waals surface area (Å²) < 4.78 is 0.256. The van der Waals surface area contributed by atoms with Crippen molar-refractivity contribution in [3.63, 3.8) is 0 Å². The predicted octanol–water partition coefficient (Wildman–Crippen LogP) is 3.09. The summed E-state index contributed by atoms with van der Waals surface area (Å²) in [5.41, 5.74) is 3.38. The highest BCUT2D eigenvalue weighted by Gasteiger charge is 2.31. The van der Waals surface area contributed by atoms with Gasteiger partial charge in [0, 0.05) is 29.9 Å². The van der Waals surface area contributed by atoms with E-state index in [4.69, 9.17) is 0 Å². The van der Waals surface area contributed by atoms with Gasteiger partial charge in [-0.25, -0.2) is 0 Å². The molecule has 1 aliphatic carbocycles. The van der Waals surface area contributed by atoms with E-state index in [1.165, 1.54) is 43.2 Å². The van der Waals surface area contributed by atoms with Gasteiger partial charge < -0.3 is 10.6 Å². The number of fused-ring (bicyclic) bond motifs is 1. The number of carbonyl (C=O) groups excluding carboxylic acids is 1. The van der Waals surface area contributed by atoms with Gasteiger partial charge in [0.05, 0.1) is 0 Å². The molecule has 0 bridgehead atoms. The fourth-order valence-electron chi connectivity index (χ4n) is 3.43. The van der Waals surface area contributed by atoms with E-state index in [2.05, 4.69) is 23.0 Å². The first-order valence-corrected chi connectivity index (χ1v) is 9.11. The molecule has 0 saturated heterocycles. The van der Waals surface area contributed by atoms with Crippen LogP contribution in [-0.2, 0) is 13.1 Å². The molecule has 2 aliphatic rings. The predicted molar refractivity (Wildman–Crippen MR) is 88.6 cm³/mol. The molecule has 0 atom stereocenters. The first-order chi connectivity index (χ1) is 10.2. The van der Waals surface area contributed by atoms with E-state index in [0.717, 1.165) is 25.2 Å². The minimum Gasteiger partial charge on any atom is -0.351 e. The van der Waals surface area contributed by atoms with Crippen LogP contribution in [0.2, 0.25) is 0 Å². The Balaban J connectivity index is 1.63. The molecule has 3 rings (SSSR count). The molecule has 0 radical (unpaired) electrons. The van der Waals surface area contributed by atoms with Crippen LogP contribution in [0, 0.1) is 0 Å². The van der Waals surface area contributed by atoms with Gasteiger partial charge in [-0.2, -0.15) is 11.8 Å². The maximum atomic E-state index is 12.4. The lowest BCUT2D eigenvalue weighted by Gasteiger charge is -2.35. The van der Waals surface area contributed by atoms with Crippen LogP contribution < -0.4 is 10.6 Å². The van der Waals surface area contributed by atoms with Crippen LogP contribution in [0.5, 0.6) is 0 Å². The summed E-state index contributed by atoms with van der Waals surface area (Å²) in [5.74, 6) is 0.0729. The minimum absolute atomic E-state index is 0.0729. The molecule has 1 fully saturated rings. The van der Waals surface area contributed by atoms with Crippen LogP contribution in [0.15, 0.2) is 18.2 Å². The van der Waals surface area contributed by atoms with Crippen LogP contribution in [0.1, 0.15) is 53.6 Å². The number of nitrogens with one attached hydrogen (secondary N) is 2. The molecular formula is C17H24N2OS. The SMILES string of the molecule is CSC1(CNC(=O)c2ccc3c(c2)CNC3)CCCCC1. The molecule has 1 aromatic carbocycles. The number of carbonyl (C=O) groups is 1. The van der Waals surface area contributed by atoms with Gasteiger partial charge in [0.25, 0.3) is 5.91 Å². The largest absolute Gasteiger partial charge is 0.351 e. The molecular weight excluding hydrogens is 280 g/mol. The van der Waals surface area contributed by atoms with Gasteiger partial charge in [0.1, 0.15) is 0 Å². The van der Waals surface area contributed by atoms with Crippen molar-refractivity contribution < 1.29 is 4.79 Å². The third-order valence-electron chi connectivity index (χ3n) is 4.87. The third-order valence-corrected chi connectivity index (χ3v) is 6.29. The van der Waals surface area contributed by atoms with Gasteiger partial charge in [0.15, 0.2) is 0 Å². The maximum absolute atomic E-state index is 12.4. The van der Waals surface area contributed by atoms with Gasteiger partial charge in [-0.1, -0.05) is 25.3 Å². The first-order valence-electron chi connectivity index (χ1n) is 7.88. The van der Waals surface area contributed by atoms with Crippen LogP contribution in [0.4, 0.5) is 0 Å². The van der Waals surface area contributed by atoms with Crippen molar-refractivity contribution in [1.82, 2.24) is 10.6 Å². The lowest BCUT2D eigenvalue weighted by atomic mass is 9.88. The average molecular weight is 304 g/mol. The monoisotopic (exact) mass is 304 g/mol. The Morgan fingerprint density at radius 3 is 2.76 bits per heavy atom. The quantitative estimate of drug-likeness (QED) is 0.898. The molecule has 1 aliphatic heterocycles. The second-order valence-corrected chi connectivity index (χ2v) is 7.49. The Labute approximate surface area is 131 Å². The van der Waals surface area contributed by atoms with E-state index in [1.54, 1.807) is 0 Å². The Morgan fingerprint density at radius 2 is 2.00 bits per heavy atom. The fourth-order valence-corrected chi connectivity index (χ4v) is 4.34. The zero-order valence-electron chi connectivity index (χ0n) is 12.7. The fraction of sp³-hybridized carbons (Fsp3) is 0.588. The lowest BCUT2D eigenvalue weighted by molar-refractivity contribution is 0.0947. The van der Waals surface area contributed by atoms with E-state index < -0.39 is 0 Å². The Morgan fingerprint density at radius 1 is 1.24 bits per heavy atom. The number of benzene rings is 1. The average Bonchev–Trinajstić information content (AvgIpc) is 3.01. The van der Waals surface area contributed by atoms with Crippen LogP contribution in [0.25, 0.3) is 0 Å². The highest BCUT2D eigenvalue weighted by Crippen LogP contribution is 2.38. The molecule has 3 nitrogen and oxygen atoms in total. The van der Waals surface area contributed by atoms with Crippen molar-refractivity contribution in [2.75, 3.05) is 12.8 Å². The van der Waals surface area contributed by atoms with Gasteiger partial charge in [-0.05, 0) is 42.4 Å². The molecule has 21 heavy (non-hydrogen) atoms. The number of hydrogen-bond acceptors (Lipinski definition) is 3. The van der Waals surface area contributed by atoms with Crippen molar-refractivity contribution >= 4 is 17.7 Å². The van der Waals surface area contributed by atoms with Gasteiger partial charge in [-0.3, -0.25) is 4.79 Å². The van der Waals surface area contributed by atoms with Crippen molar-refractivity contribution in [1.29, 1.82) is 0 Å². The summed E-state index contributed by atoms with van der Waals surface area (Å²) in [6.07, 6.45) is 8.56.